The second-order valence-electron chi connectivity index (χ2n) is 9.30. The molecule has 0 bridgehead atoms. The van der Waals surface area contributed by atoms with Crippen LogP contribution in [0.5, 0.6) is 11.5 Å². The highest BCUT2D eigenvalue weighted by Crippen LogP contribution is 2.18. The van der Waals surface area contributed by atoms with Gasteiger partial charge in [0, 0.05) is 11.1 Å². The number of hydrogen-bond donors (Lipinski definition) is 0. The van der Waals surface area contributed by atoms with Crippen molar-refractivity contribution >= 4 is 11.6 Å². The van der Waals surface area contributed by atoms with Crippen LogP contribution in [-0.2, 0) is 0 Å². The summed E-state index contributed by atoms with van der Waals surface area (Å²) >= 11 is 0. The molecule has 0 N–H and O–H groups in total. The van der Waals surface area contributed by atoms with Crippen LogP contribution in [0.25, 0.3) is 0 Å². The number of benzene rings is 2. The molecule has 2 aromatic rings. The zero-order valence-electron chi connectivity index (χ0n) is 21.9. The third-order valence-electron chi connectivity index (χ3n) is 6.21. The molecule has 192 valence electrons. The summed E-state index contributed by atoms with van der Waals surface area (Å²) in [6, 6.07) is 14.2. The quantitative estimate of drug-likeness (QED) is 0.108. The first kappa shape index (κ1) is 28.6. The van der Waals surface area contributed by atoms with Gasteiger partial charge in [0.05, 0.1) is 19.6 Å². The standard InChI is InChI=1S/C31H44O4/c1-3-5-7-9-11-13-23-34-28-19-15-26(16-20-28)30(32)25-31(33)27-17-21-29(22-18-27)35-24-14-12-10-8-6-4-2/h15-22H,3-14,23-25H2,1-2H3. The molecule has 0 fully saturated rings. The highest BCUT2D eigenvalue weighted by Gasteiger charge is 2.14. The molecule has 0 aliphatic rings. The lowest BCUT2D eigenvalue weighted by molar-refractivity contribution is 0.0894. The molecule has 0 saturated carbocycles. The molecule has 0 unspecified atom stereocenters. The van der Waals surface area contributed by atoms with Crippen LogP contribution in [0, 0.1) is 0 Å². The van der Waals surface area contributed by atoms with Crippen molar-refractivity contribution in [2.45, 2.75) is 97.3 Å². The molecule has 0 aromatic heterocycles. The van der Waals surface area contributed by atoms with E-state index in [2.05, 4.69) is 13.8 Å². The van der Waals surface area contributed by atoms with Gasteiger partial charge < -0.3 is 9.47 Å². The van der Waals surface area contributed by atoms with Gasteiger partial charge in [-0.2, -0.15) is 0 Å². The molecule has 0 amide bonds. The van der Waals surface area contributed by atoms with Crippen molar-refractivity contribution in [3.63, 3.8) is 0 Å². The van der Waals surface area contributed by atoms with E-state index in [4.69, 9.17) is 9.47 Å². The Balaban J connectivity index is 1.68. The Bertz CT molecular complexity index is 768. The number of carbonyl (C=O) groups is 2. The molecule has 0 spiro atoms. The van der Waals surface area contributed by atoms with Crippen LogP contribution in [-0.4, -0.2) is 24.8 Å². The van der Waals surface area contributed by atoms with Gasteiger partial charge in [-0.1, -0.05) is 78.1 Å². The summed E-state index contributed by atoms with van der Waals surface area (Å²) in [5.41, 5.74) is 1.06. The number of ketones is 2. The SMILES string of the molecule is CCCCCCCCOc1ccc(C(=O)CC(=O)c2ccc(OCCCCCCCC)cc2)cc1. The van der Waals surface area contributed by atoms with E-state index in [0.29, 0.717) is 24.3 Å². The Kier molecular flexibility index (Phi) is 14.5. The normalized spacial score (nSPS) is 10.8. The summed E-state index contributed by atoms with van der Waals surface area (Å²) in [6.45, 7) is 5.82. The second-order valence-corrected chi connectivity index (χ2v) is 9.30. The van der Waals surface area contributed by atoms with Gasteiger partial charge in [0.25, 0.3) is 0 Å². The van der Waals surface area contributed by atoms with Gasteiger partial charge in [-0.15, -0.1) is 0 Å². The van der Waals surface area contributed by atoms with Crippen LogP contribution < -0.4 is 9.47 Å². The third kappa shape index (κ3) is 12.1. The maximum Gasteiger partial charge on any atom is 0.170 e. The van der Waals surface area contributed by atoms with E-state index in [1.54, 1.807) is 24.3 Å². The summed E-state index contributed by atoms with van der Waals surface area (Å²) in [7, 11) is 0. The smallest absolute Gasteiger partial charge is 0.170 e. The maximum atomic E-state index is 12.6. The summed E-state index contributed by atoms with van der Waals surface area (Å²) < 4.78 is 11.6. The lowest BCUT2D eigenvalue weighted by atomic mass is 10.0. The lowest BCUT2D eigenvalue weighted by Gasteiger charge is -2.08. The first-order chi connectivity index (χ1) is 17.1. The number of hydrogen-bond acceptors (Lipinski definition) is 4. The number of rotatable bonds is 20. The van der Waals surface area contributed by atoms with Gasteiger partial charge in [0.15, 0.2) is 11.6 Å². The molecule has 0 aliphatic heterocycles. The minimum absolute atomic E-state index is 0.143. The van der Waals surface area contributed by atoms with E-state index >= 15 is 0 Å². The summed E-state index contributed by atoms with van der Waals surface area (Å²) in [5.74, 6) is 1.16. The monoisotopic (exact) mass is 480 g/mol. The third-order valence-corrected chi connectivity index (χ3v) is 6.21. The molecule has 0 atom stereocenters. The van der Waals surface area contributed by atoms with Crippen LogP contribution >= 0.6 is 0 Å². The summed E-state index contributed by atoms with van der Waals surface area (Å²) in [5, 5.41) is 0. The summed E-state index contributed by atoms with van der Waals surface area (Å²) in [4.78, 5) is 25.1. The van der Waals surface area contributed by atoms with E-state index in [1.807, 2.05) is 24.3 Å². The van der Waals surface area contributed by atoms with Crippen LogP contribution in [0.1, 0.15) is 118 Å². The zero-order valence-corrected chi connectivity index (χ0v) is 21.9. The number of carbonyl (C=O) groups excluding carboxylic acids is 2. The van der Waals surface area contributed by atoms with Crippen molar-refractivity contribution in [2.24, 2.45) is 0 Å². The fourth-order valence-electron chi connectivity index (χ4n) is 3.97. The highest BCUT2D eigenvalue weighted by atomic mass is 16.5. The van der Waals surface area contributed by atoms with E-state index in [-0.39, 0.29) is 18.0 Å². The zero-order chi connectivity index (χ0) is 25.1. The number of Topliss-reactive ketones (excluding diaryl/α,β-unsaturated/α-hetero) is 2. The topological polar surface area (TPSA) is 52.6 Å². The molecule has 2 rings (SSSR count). The van der Waals surface area contributed by atoms with Crippen molar-refractivity contribution in [3.05, 3.63) is 59.7 Å². The first-order valence-corrected chi connectivity index (χ1v) is 13.7. The van der Waals surface area contributed by atoms with Crippen LogP contribution in [0.4, 0.5) is 0 Å². The van der Waals surface area contributed by atoms with Crippen molar-refractivity contribution in [1.29, 1.82) is 0 Å². The average Bonchev–Trinajstić information content (AvgIpc) is 2.88. The van der Waals surface area contributed by atoms with Gasteiger partial charge in [-0.05, 0) is 61.4 Å². The van der Waals surface area contributed by atoms with Gasteiger partial charge in [-0.25, -0.2) is 0 Å². The molecule has 4 heteroatoms. The molecule has 0 heterocycles. The Hall–Kier alpha value is -2.62. The predicted molar refractivity (Wildman–Crippen MR) is 144 cm³/mol. The maximum absolute atomic E-state index is 12.6. The average molecular weight is 481 g/mol. The van der Waals surface area contributed by atoms with Crippen molar-refractivity contribution < 1.29 is 19.1 Å². The minimum Gasteiger partial charge on any atom is -0.494 e. The van der Waals surface area contributed by atoms with E-state index < -0.39 is 0 Å². The van der Waals surface area contributed by atoms with Crippen molar-refractivity contribution in [1.82, 2.24) is 0 Å². The Morgan fingerprint density at radius 1 is 0.514 bits per heavy atom. The minimum atomic E-state index is -0.180. The van der Waals surface area contributed by atoms with Gasteiger partial charge in [0.2, 0.25) is 0 Å². The molecule has 35 heavy (non-hydrogen) atoms. The van der Waals surface area contributed by atoms with Crippen LogP contribution in [0.2, 0.25) is 0 Å². The van der Waals surface area contributed by atoms with Gasteiger partial charge >= 0.3 is 0 Å². The molecule has 2 aromatic carbocycles. The highest BCUT2D eigenvalue weighted by molar-refractivity contribution is 6.13. The van der Waals surface area contributed by atoms with E-state index in [1.165, 1.54) is 64.2 Å². The van der Waals surface area contributed by atoms with Crippen LogP contribution in [0.3, 0.4) is 0 Å². The largest absolute Gasteiger partial charge is 0.494 e. The van der Waals surface area contributed by atoms with E-state index in [0.717, 1.165) is 24.3 Å². The Morgan fingerprint density at radius 2 is 0.857 bits per heavy atom. The molecular weight excluding hydrogens is 436 g/mol. The fraction of sp³-hybridized carbons (Fsp3) is 0.548. The van der Waals surface area contributed by atoms with Gasteiger partial charge in [-0.3, -0.25) is 9.59 Å². The molecule has 0 radical (unpaired) electrons. The van der Waals surface area contributed by atoms with Gasteiger partial charge in [0.1, 0.15) is 11.5 Å². The van der Waals surface area contributed by atoms with E-state index in [9.17, 15) is 9.59 Å². The first-order valence-electron chi connectivity index (χ1n) is 13.7. The van der Waals surface area contributed by atoms with Crippen molar-refractivity contribution in [2.75, 3.05) is 13.2 Å². The molecule has 0 saturated heterocycles. The lowest BCUT2D eigenvalue weighted by Crippen LogP contribution is -2.09. The fourth-order valence-corrected chi connectivity index (χ4v) is 3.97. The van der Waals surface area contributed by atoms with Crippen molar-refractivity contribution in [3.8, 4) is 11.5 Å². The Morgan fingerprint density at radius 3 is 1.23 bits per heavy atom. The number of unbranched alkanes of at least 4 members (excludes halogenated alkanes) is 10. The Labute approximate surface area is 212 Å². The molecule has 4 nitrogen and oxygen atoms in total. The molecular formula is C31H44O4. The predicted octanol–water partition coefficient (Wildman–Crippen LogP) is 8.62. The van der Waals surface area contributed by atoms with Crippen LogP contribution in [0.15, 0.2) is 48.5 Å². The second kappa shape index (κ2) is 17.8. The summed E-state index contributed by atoms with van der Waals surface area (Å²) in [6.07, 6.45) is 14.5. The molecule has 0 aliphatic carbocycles. The number of ether oxygens (including phenoxy) is 2.